The molecule has 4 aliphatic rings. The third-order valence-electron chi connectivity index (χ3n) is 3.49. The molecule has 3 heteroatoms. The van der Waals surface area contributed by atoms with Gasteiger partial charge in [-0.25, -0.2) is 0 Å². The Morgan fingerprint density at radius 3 is 1.85 bits per heavy atom. The molecule has 0 unspecified atom stereocenters. The SMILES string of the molecule is O=C1OC(=O)[C@@H]2[C@@H]1[C@@H]1C=C[C@H]2CC1. The smallest absolute Gasteiger partial charge is 0.318 e. The fraction of sp³-hybridized carbons (Fsp3) is 0.600. The maximum absolute atomic E-state index is 11.3. The summed E-state index contributed by atoms with van der Waals surface area (Å²) in [6, 6.07) is 0. The zero-order chi connectivity index (χ0) is 9.00. The number of rotatable bonds is 0. The van der Waals surface area contributed by atoms with E-state index in [1.165, 1.54) is 0 Å². The molecule has 0 aromatic rings. The van der Waals surface area contributed by atoms with Gasteiger partial charge in [-0.15, -0.1) is 0 Å². The van der Waals surface area contributed by atoms with Crippen molar-refractivity contribution in [2.45, 2.75) is 12.8 Å². The normalized spacial score (nSPS) is 46.5. The van der Waals surface area contributed by atoms with Crippen LogP contribution in [0, 0.1) is 23.7 Å². The summed E-state index contributed by atoms with van der Waals surface area (Å²) < 4.78 is 4.67. The minimum atomic E-state index is -0.297. The summed E-state index contributed by atoms with van der Waals surface area (Å²) in [5.41, 5.74) is 0. The third kappa shape index (κ3) is 0.794. The molecule has 1 saturated heterocycles. The van der Waals surface area contributed by atoms with Gasteiger partial charge in [-0.05, 0) is 24.7 Å². The third-order valence-corrected chi connectivity index (χ3v) is 3.49. The summed E-state index contributed by atoms with van der Waals surface area (Å²) in [6.45, 7) is 0. The first kappa shape index (κ1) is 7.30. The van der Waals surface area contributed by atoms with E-state index in [0.29, 0.717) is 0 Å². The lowest BCUT2D eigenvalue weighted by Crippen LogP contribution is -2.38. The van der Waals surface area contributed by atoms with E-state index in [4.69, 9.17) is 0 Å². The van der Waals surface area contributed by atoms with Crippen molar-refractivity contribution in [2.24, 2.45) is 23.7 Å². The number of carbonyl (C=O) groups excluding carboxylic acids is 2. The summed E-state index contributed by atoms with van der Waals surface area (Å²) in [5, 5.41) is 0. The van der Waals surface area contributed by atoms with Gasteiger partial charge in [0.25, 0.3) is 0 Å². The summed E-state index contributed by atoms with van der Waals surface area (Å²) in [6.07, 6.45) is 6.22. The van der Waals surface area contributed by atoms with Crippen molar-refractivity contribution >= 4 is 11.9 Å². The summed E-state index contributed by atoms with van der Waals surface area (Å²) in [7, 11) is 0. The molecule has 2 bridgehead atoms. The van der Waals surface area contributed by atoms with Crippen LogP contribution in [0.1, 0.15) is 12.8 Å². The molecule has 0 spiro atoms. The van der Waals surface area contributed by atoms with E-state index in [1.54, 1.807) is 0 Å². The molecule has 3 nitrogen and oxygen atoms in total. The Balaban J connectivity index is 2.07. The number of carbonyl (C=O) groups is 2. The molecule has 3 aliphatic carbocycles. The monoisotopic (exact) mass is 178 g/mol. The molecule has 0 radical (unpaired) electrons. The average Bonchev–Trinajstić information content (AvgIpc) is 2.47. The molecule has 1 heterocycles. The molecule has 4 rings (SSSR count). The second-order valence-electron chi connectivity index (χ2n) is 4.08. The number of hydrogen-bond acceptors (Lipinski definition) is 3. The van der Waals surface area contributed by atoms with E-state index in [9.17, 15) is 9.59 Å². The highest BCUT2D eigenvalue weighted by molar-refractivity contribution is 5.97. The van der Waals surface area contributed by atoms with E-state index in [2.05, 4.69) is 16.9 Å². The number of ether oxygens (including phenoxy) is 1. The Bertz CT molecular complexity index is 288. The molecule has 1 saturated carbocycles. The van der Waals surface area contributed by atoms with Crippen LogP contribution < -0.4 is 0 Å². The number of allylic oxidation sites excluding steroid dienone is 2. The lowest BCUT2D eigenvalue weighted by Gasteiger charge is -2.37. The van der Waals surface area contributed by atoms with Crippen molar-refractivity contribution in [3.63, 3.8) is 0 Å². The molecule has 13 heavy (non-hydrogen) atoms. The van der Waals surface area contributed by atoms with E-state index in [0.717, 1.165) is 12.8 Å². The van der Waals surface area contributed by atoms with Gasteiger partial charge >= 0.3 is 11.9 Å². The summed E-state index contributed by atoms with van der Waals surface area (Å²) >= 11 is 0. The molecule has 68 valence electrons. The van der Waals surface area contributed by atoms with Crippen LogP contribution >= 0.6 is 0 Å². The molecule has 4 atom stereocenters. The fourth-order valence-electron chi connectivity index (χ4n) is 2.87. The molecule has 0 N–H and O–H groups in total. The van der Waals surface area contributed by atoms with Crippen molar-refractivity contribution in [3.05, 3.63) is 12.2 Å². The maximum Gasteiger partial charge on any atom is 0.318 e. The van der Waals surface area contributed by atoms with Gasteiger partial charge in [-0.3, -0.25) is 9.59 Å². The zero-order valence-electron chi connectivity index (χ0n) is 7.10. The summed E-state index contributed by atoms with van der Waals surface area (Å²) in [4.78, 5) is 22.7. The van der Waals surface area contributed by atoms with E-state index in [1.807, 2.05) is 0 Å². The molecule has 0 amide bonds. The highest BCUT2D eigenvalue weighted by Gasteiger charge is 2.54. The Morgan fingerprint density at radius 2 is 1.46 bits per heavy atom. The van der Waals surface area contributed by atoms with Crippen LogP contribution in [0.4, 0.5) is 0 Å². The van der Waals surface area contributed by atoms with Crippen LogP contribution in [0.3, 0.4) is 0 Å². The zero-order valence-corrected chi connectivity index (χ0v) is 7.10. The quantitative estimate of drug-likeness (QED) is 0.314. The van der Waals surface area contributed by atoms with E-state index >= 15 is 0 Å². The molecule has 2 fully saturated rings. The molecular formula is C10H10O3. The first-order valence-electron chi connectivity index (χ1n) is 4.71. The lowest BCUT2D eigenvalue weighted by atomic mass is 9.63. The highest BCUT2D eigenvalue weighted by atomic mass is 16.6. The first-order valence-corrected chi connectivity index (χ1v) is 4.71. The van der Waals surface area contributed by atoms with Gasteiger partial charge in [0.2, 0.25) is 0 Å². The van der Waals surface area contributed by atoms with Gasteiger partial charge < -0.3 is 4.74 Å². The topological polar surface area (TPSA) is 43.4 Å². The van der Waals surface area contributed by atoms with Gasteiger partial charge in [0.1, 0.15) is 0 Å². The number of hydrogen-bond donors (Lipinski definition) is 0. The van der Waals surface area contributed by atoms with E-state index in [-0.39, 0.29) is 35.6 Å². The van der Waals surface area contributed by atoms with Gasteiger partial charge in [-0.2, -0.15) is 0 Å². The Morgan fingerprint density at radius 1 is 1.00 bits per heavy atom. The lowest BCUT2D eigenvalue weighted by molar-refractivity contribution is -0.154. The first-order chi connectivity index (χ1) is 6.27. The standard InChI is InChI=1S/C10H10O3/c11-9-7-5-1-2-6(4-3-5)8(7)10(12)13-9/h1-2,5-8H,3-4H2/t5-,6+,7-,8-/m0/s1. The van der Waals surface area contributed by atoms with Gasteiger partial charge in [0, 0.05) is 0 Å². The van der Waals surface area contributed by atoms with Crippen LogP contribution in [0.15, 0.2) is 12.2 Å². The van der Waals surface area contributed by atoms with Crippen molar-refractivity contribution in [1.82, 2.24) is 0 Å². The van der Waals surface area contributed by atoms with Crippen LogP contribution in [-0.4, -0.2) is 11.9 Å². The number of cyclic esters (lactones) is 2. The van der Waals surface area contributed by atoms with Crippen molar-refractivity contribution in [1.29, 1.82) is 0 Å². The Labute approximate surface area is 75.8 Å². The van der Waals surface area contributed by atoms with Gasteiger partial charge in [-0.1, -0.05) is 12.2 Å². The van der Waals surface area contributed by atoms with Gasteiger partial charge in [0.15, 0.2) is 0 Å². The molecular weight excluding hydrogens is 168 g/mol. The van der Waals surface area contributed by atoms with Crippen LogP contribution in [0.25, 0.3) is 0 Å². The van der Waals surface area contributed by atoms with Crippen LogP contribution in [0.5, 0.6) is 0 Å². The van der Waals surface area contributed by atoms with Crippen LogP contribution in [0.2, 0.25) is 0 Å². The minimum Gasteiger partial charge on any atom is -0.393 e. The average molecular weight is 178 g/mol. The highest BCUT2D eigenvalue weighted by Crippen LogP contribution is 2.48. The van der Waals surface area contributed by atoms with Crippen molar-refractivity contribution < 1.29 is 14.3 Å². The van der Waals surface area contributed by atoms with Crippen LogP contribution in [-0.2, 0) is 14.3 Å². The molecule has 1 aliphatic heterocycles. The minimum absolute atomic E-state index is 0.156. The van der Waals surface area contributed by atoms with Crippen molar-refractivity contribution in [2.75, 3.05) is 0 Å². The Hall–Kier alpha value is -1.12. The second kappa shape index (κ2) is 2.22. The molecule has 0 aromatic carbocycles. The number of esters is 2. The van der Waals surface area contributed by atoms with Crippen molar-refractivity contribution in [3.8, 4) is 0 Å². The molecule has 0 aromatic heterocycles. The maximum atomic E-state index is 11.3. The predicted molar refractivity (Wildman–Crippen MR) is 43.4 cm³/mol. The fourth-order valence-corrected chi connectivity index (χ4v) is 2.87. The van der Waals surface area contributed by atoms with Gasteiger partial charge in [0.05, 0.1) is 11.8 Å². The largest absolute Gasteiger partial charge is 0.393 e. The summed E-state index contributed by atoms with van der Waals surface area (Å²) in [5.74, 6) is -0.390. The predicted octanol–water partition coefficient (Wildman–Crippen LogP) is 0.898. The number of fused-ring (bicyclic) bond motifs is 1. The second-order valence-corrected chi connectivity index (χ2v) is 4.08. The van der Waals surface area contributed by atoms with E-state index < -0.39 is 0 Å². The Kier molecular flexibility index (Phi) is 1.25.